The fourth-order valence-corrected chi connectivity index (χ4v) is 10.5. The average Bonchev–Trinajstić information content (AvgIpc) is 4.04. The Kier molecular flexibility index (Phi) is 8.97. The summed E-state index contributed by atoms with van der Waals surface area (Å²) < 4.78 is 21.2. The van der Waals surface area contributed by atoms with E-state index in [1.165, 1.54) is 49.2 Å². The van der Waals surface area contributed by atoms with Gasteiger partial charge in [-0.05, 0) is 109 Å². The predicted molar refractivity (Wildman–Crippen MR) is 273 cm³/mol. The molecule has 1 aliphatic rings. The van der Waals surface area contributed by atoms with Gasteiger partial charge in [-0.25, -0.2) is 0 Å². The fraction of sp³-hybridized carbons (Fsp3) is 0.0484. The van der Waals surface area contributed by atoms with Crippen LogP contribution in [0.1, 0.15) is 16.7 Å². The maximum atomic E-state index is 7.15. The smallest absolute Gasteiger partial charge is 0.217 e. The standard InChI is InChI=1S/C62H44N3O2/c1-40-15-13-21-48(42-28-32-45(33-29-42)64-54-22-7-3-17-49(54)50-18-4-8-23-55(50)64)61(40)66-47-37-41(2)62(67-59-27-14-16-44-39-63-36-12-11-26-58(63)60(44)59)53(38-47)43-30-34-46(35-31-43)65-56-24-9-5-19-51(56)52-20-6-10-25-57(52)65/h3-38H,39H2,1-2H3/q+1. The molecule has 0 radical (unpaired) electrons. The number of aromatic nitrogens is 3. The van der Waals surface area contributed by atoms with E-state index < -0.39 is 0 Å². The van der Waals surface area contributed by atoms with Crippen molar-refractivity contribution in [2.75, 3.05) is 0 Å². The quantitative estimate of drug-likeness (QED) is 0.143. The van der Waals surface area contributed by atoms with Gasteiger partial charge in [0.1, 0.15) is 23.0 Å². The molecule has 5 heteroatoms. The van der Waals surface area contributed by atoms with E-state index in [4.69, 9.17) is 9.47 Å². The molecule has 0 unspecified atom stereocenters. The number of nitrogens with zero attached hydrogens (tertiary/aromatic N) is 3. The number of pyridine rings is 1. The number of ether oxygens (including phenoxy) is 2. The molecular formula is C62H44N3O2+. The number of hydrogen-bond acceptors (Lipinski definition) is 2. The van der Waals surface area contributed by atoms with Crippen LogP contribution in [0.5, 0.6) is 23.0 Å². The summed E-state index contributed by atoms with van der Waals surface area (Å²) in [5.41, 5.74) is 16.6. The molecule has 12 aromatic rings. The van der Waals surface area contributed by atoms with Crippen LogP contribution in [-0.2, 0) is 6.54 Å². The Hall–Kier alpha value is -8.67. The molecule has 5 nitrogen and oxygen atoms in total. The first-order chi connectivity index (χ1) is 33.1. The van der Waals surface area contributed by atoms with Crippen LogP contribution in [0.15, 0.2) is 219 Å². The molecule has 0 saturated heterocycles. The Labute approximate surface area is 388 Å². The lowest BCUT2D eigenvalue weighted by atomic mass is 9.99. The number of fused-ring (bicyclic) bond motifs is 9. The molecule has 1 aliphatic heterocycles. The highest BCUT2D eigenvalue weighted by atomic mass is 16.5. The molecule has 0 bridgehead atoms. The average molecular weight is 863 g/mol. The van der Waals surface area contributed by atoms with Gasteiger partial charge in [-0.15, -0.1) is 0 Å². The molecule has 13 rings (SSSR count). The van der Waals surface area contributed by atoms with Gasteiger partial charge in [0.2, 0.25) is 5.69 Å². The maximum absolute atomic E-state index is 7.15. The monoisotopic (exact) mass is 862 g/mol. The second kappa shape index (κ2) is 15.5. The first-order valence-electron chi connectivity index (χ1n) is 22.9. The second-order valence-electron chi connectivity index (χ2n) is 17.6. The number of hydrogen-bond donors (Lipinski definition) is 0. The lowest BCUT2D eigenvalue weighted by Gasteiger charge is -2.20. The molecule has 0 fully saturated rings. The fourth-order valence-electron chi connectivity index (χ4n) is 10.5. The van der Waals surface area contributed by atoms with E-state index in [0.29, 0.717) is 0 Å². The Morgan fingerprint density at radius 2 is 0.925 bits per heavy atom. The number of benzene rings is 9. The minimum Gasteiger partial charge on any atom is -0.456 e. The highest BCUT2D eigenvalue weighted by Crippen LogP contribution is 2.46. The molecule has 0 spiro atoms. The zero-order valence-electron chi connectivity index (χ0n) is 37.1. The van der Waals surface area contributed by atoms with Gasteiger partial charge >= 0.3 is 0 Å². The van der Waals surface area contributed by atoms with Gasteiger partial charge in [-0.3, -0.25) is 0 Å². The van der Waals surface area contributed by atoms with E-state index in [1.54, 1.807) is 0 Å². The van der Waals surface area contributed by atoms with Gasteiger partial charge < -0.3 is 18.6 Å². The van der Waals surface area contributed by atoms with Gasteiger partial charge in [0.15, 0.2) is 12.7 Å². The molecule has 4 heterocycles. The third kappa shape index (κ3) is 6.34. The molecular weight excluding hydrogens is 819 g/mol. The minimum absolute atomic E-state index is 0.739. The van der Waals surface area contributed by atoms with Crippen molar-refractivity contribution in [3.63, 3.8) is 0 Å². The van der Waals surface area contributed by atoms with Crippen LogP contribution >= 0.6 is 0 Å². The van der Waals surface area contributed by atoms with Crippen molar-refractivity contribution in [2.45, 2.75) is 20.4 Å². The van der Waals surface area contributed by atoms with Crippen LogP contribution in [0.4, 0.5) is 0 Å². The summed E-state index contributed by atoms with van der Waals surface area (Å²) in [6.45, 7) is 5.05. The van der Waals surface area contributed by atoms with Crippen molar-refractivity contribution in [3.05, 3.63) is 235 Å². The first-order valence-corrected chi connectivity index (χ1v) is 22.9. The van der Waals surface area contributed by atoms with Gasteiger partial charge in [0, 0.05) is 61.7 Å². The highest BCUT2D eigenvalue weighted by molar-refractivity contribution is 6.10. The highest BCUT2D eigenvalue weighted by Gasteiger charge is 2.30. The maximum Gasteiger partial charge on any atom is 0.217 e. The van der Waals surface area contributed by atoms with E-state index >= 15 is 0 Å². The van der Waals surface area contributed by atoms with Crippen molar-refractivity contribution in [3.8, 4) is 67.9 Å². The molecule has 318 valence electrons. The van der Waals surface area contributed by atoms with E-state index in [9.17, 15) is 0 Å². The van der Waals surface area contributed by atoms with Gasteiger partial charge in [-0.2, -0.15) is 4.57 Å². The Balaban J connectivity index is 0.911. The Morgan fingerprint density at radius 1 is 0.418 bits per heavy atom. The van der Waals surface area contributed by atoms with Gasteiger partial charge in [0.25, 0.3) is 0 Å². The third-order valence-corrected chi connectivity index (χ3v) is 13.6. The molecule has 0 saturated carbocycles. The summed E-state index contributed by atoms with van der Waals surface area (Å²) in [5.74, 6) is 3.19. The van der Waals surface area contributed by atoms with Crippen molar-refractivity contribution >= 4 is 43.6 Å². The van der Waals surface area contributed by atoms with Crippen molar-refractivity contribution in [1.82, 2.24) is 9.13 Å². The SMILES string of the molecule is Cc1cccc(-c2ccc(-n3c4ccccc4c4ccccc43)cc2)c1Oc1cc(C)c(Oc2cccc3c2-c2cccc[n+]2C3)c(-c2ccc(-n3c4ccccc4c4ccccc43)cc2)c1. The lowest BCUT2D eigenvalue weighted by molar-refractivity contribution is -0.672. The van der Waals surface area contributed by atoms with E-state index in [2.05, 4.69) is 246 Å². The summed E-state index contributed by atoms with van der Waals surface area (Å²) in [6.07, 6.45) is 2.14. The molecule has 3 aromatic heterocycles. The van der Waals surface area contributed by atoms with Gasteiger partial charge in [-0.1, -0.05) is 127 Å². The second-order valence-corrected chi connectivity index (χ2v) is 17.6. The van der Waals surface area contributed by atoms with Crippen molar-refractivity contribution < 1.29 is 14.0 Å². The zero-order chi connectivity index (χ0) is 44.6. The van der Waals surface area contributed by atoms with Crippen molar-refractivity contribution in [2.24, 2.45) is 0 Å². The first kappa shape index (κ1) is 38.8. The molecule has 9 aromatic carbocycles. The van der Waals surface area contributed by atoms with Gasteiger partial charge in [0.05, 0.1) is 27.6 Å². The normalized spacial score (nSPS) is 12.0. The van der Waals surface area contributed by atoms with Crippen molar-refractivity contribution in [1.29, 1.82) is 0 Å². The summed E-state index contributed by atoms with van der Waals surface area (Å²) in [7, 11) is 0. The lowest BCUT2D eigenvalue weighted by Crippen LogP contribution is -2.31. The Morgan fingerprint density at radius 3 is 1.51 bits per heavy atom. The van der Waals surface area contributed by atoms with Crippen LogP contribution in [-0.4, -0.2) is 9.13 Å². The molecule has 0 amide bonds. The van der Waals surface area contributed by atoms with Crippen LogP contribution in [0.3, 0.4) is 0 Å². The van der Waals surface area contributed by atoms with E-state index in [-0.39, 0.29) is 0 Å². The number of aryl methyl sites for hydroxylation is 2. The largest absolute Gasteiger partial charge is 0.456 e. The molecule has 0 N–H and O–H groups in total. The predicted octanol–water partition coefficient (Wildman–Crippen LogP) is 15.7. The number of para-hydroxylation sites is 5. The van der Waals surface area contributed by atoms with Crippen LogP contribution < -0.4 is 14.0 Å². The van der Waals surface area contributed by atoms with Crippen LogP contribution in [0.2, 0.25) is 0 Å². The molecule has 67 heavy (non-hydrogen) atoms. The summed E-state index contributed by atoms with van der Waals surface area (Å²) in [5, 5.41) is 4.98. The minimum atomic E-state index is 0.739. The molecule has 0 aliphatic carbocycles. The molecule has 0 atom stereocenters. The third-order valence-electron chi connectivity index (χ3n) is 13.6. The van der Waals surface area contributed by atoms with Crippen LogP contribution in [0.25, 0.3) is 88.5 Å². The van der Waals surface area contributed by atoms with Crippen LogP contribution in [0, 0.1) is 13.8 Å². The number of rotatable bonds is 8. The Bertz CT molecular complexity index is 3810. The van der Waals surface area contributed by atoms with E-state index in [1.807, 2.05) is 0 Å². The zero-order valence-corrected chi connectivity index (χ0v) is 37.1. The topological polar surface area (TPSA) is 32.2 Å². The van der Waals surface area contributed by atoms with E-state index in [0.717, 1.165) is 85.6 Å². The summed E-state index contributed by atoms with van der Waals surface area (Å²) >= 11 is 0. The summed E-state index contributed by atoms with van der Waals surface area (Å²) in [4.78, 5) is 0. The summed E-state index contributed by atoms with van der Waals surface area (Å²) in [6, 6.07) is 75.7.